The minimum absolute atomic E-state index is 0.237. The van der Waals surface area contributed by atoms with Crippen molar-refractivity contribution in [3.05, 3.63) is 46.3 Å². The molecule has 1 saturated carbocycles. The Morgan fingerprint density at radius 1 is 1.32 bits per heavy atom. The van der Waals surface area contributed by atoms with Crippen LogP contribution < -0.4 is 5.32 Å². The molecule has 1 fully saturated rings. The van der Waals surface area contributed by atoms with Crippen molar-refractivity contribution in [2.45, 2.75) is 64.5 Å². The summed E-state index contributed by atoms with van der Waals surface area (Å²) in [6, 6.07) is 5.13. The van der Waals surface area contributed by atoms with Gasteiger partial charge in [0, 0.05) is 17.0 Å². The number of hydrogen-bond donors (Lipinski definition) is 1. The highest BCUT2D eigenvalue weighted by Crippen LogP contribution is 2.32. The fourth-order valence-electron chi connectivity index (χ4n) is 3.22. The van der Waals surface area contributed by atoms with Crippen molar-refractivity contribution >= 4 is 11.6 Å². The molecule has 3 rings (SSSR count). The predicted octanol–water partition coefficient (Wildman–Crippen LogP) is 4.88. The molecule has 4 nitrogen and oxygen atoms in total. The summed E-state index contributed by atoms with van der Waals surface area (Å²) in [5, 5.41) is 8.07. The van der Waals surface area contributed by atoms with Crippen LogP contribution in [-0.2, 0) is 13.0 Å². The second-order valence-electron chi connectivity index (χ2n) is 7.20. The lowest BCUT2D eigenvalue weighted by Crippen LogP contribution is -2.39. The van der Waals surface area contributed by atoms with Crippen molar-refractivity contribution in [1.82, 2.24) is 15.5 Å². The molecule has 1 aromatic carbocycles. The van der Waals surface area contributed by atoms with Crippen LogP contribution in [0.4, 0.5) is 4.39 Å². The Hall–Kier alpha value is -1.46. The normalized spacial score (nSPS) is 16.2. The summed E-state index contributed by atoms with van der Waals surface area (Å²) in [5.74, 6) is 2.00. The van der Waals surface area contributed by atoms with Gasteiger partial charge in [-0.05, 0) is 55.4 Å². The highest BCUT2D eigenvalue weighted by molar-refractivity contribution is 6.30. The molecular formula is C19H25ClFN3O. The Bertz CT molecular complexity index is 679. The average Bonchev–Trinajstić information content (AvgIpc) is 2.96. The summed E-state index contributed by atoms with van der Waals surface area (Å²) in [5.41, 5.74) is 0.942. The zero-order chi connectivity index (χ0) is 17.8. The molecule has 0 aliphatic heterocycles. The van der Waals surface area contributed by atoms with Crippen molar-refractivity contribution in [1.29, 1.82) is 0 Å². The van der Waals surface area contributed by atoms with Crippen molar-refractivity contribution in [2.75, 3.05) is 0 Å². The number of aryl methyl sites for hydroxylation is 1. The SMILES string of the molecule is CC(C)c1nc(CNC(CCc2cc(F)cc(Cl)c2)C2CCC2)no1. The first-order valence-corrected chi connectivity index (χ1v) is 9.40. The van der Waals surface area contributed by atoms with Crippen LogP contribution in [0.3, 0.4) is 0 Å². The van der Waals surface area contributed by atoms with Gasteiger partial charge in [-0.2, -0.15) is 4.98 Å². The number of aromatic nitrogens is 2. The summed E-state index contributed by atoms with van der Waals surface area (Å²) >= 11 is 5.95. The van der Waals surface area contributed by atoms with Crippen LogP contribution in [0.25, 0.3) is 0 Å². The molecule has 2 aromatic rings. The van der Waals surface area contributed by atoms with Gasteiger partial charge in [0.1, 0.15) is 5.82 Å². The van der Waals surface area contributed by atoms with E-state index in [2.05, 4.69) is 15.5 Å². The summed E-state index contributed by atoms with van der Waals surface area (Å²) in [7, 11) is 0. The maximum atomic E-state index is 13.5. The molecule has 1 aliphatic rings. The molecular weight excluding hydrogens is 341 g/mol. The van der Waals surface area contributed by atoms with E-state index in [0.29, 0.717) is 35.2 Å². The van der Waals surface area contributed by atoms with Gasteiger partial charge in [0.25, 0.3) is 0 Å². The van der Waals surface area contributed by atoms with Gasteiger partial charge in [-0.3, -0.25) is 0 Å². The van der Waals surface area contributed by atoms with Crippen LogP contribution in [0.2, 0.25) is 5.02 Å². The fourth-order valence-corrected chi connectivity index (χ4v) is 3.46. The predicted molar refractivity (Wildman–Crippen MR) is 96.1 cm³/mol. The van der Waals surface area contributed by atoms with E-state index in [0.717, 1.165) is 18.4 Å². The molecule has 1 N–H and O–H groups in total. The smallest absolute Gasteiger partial charge is 0.229 e. The molecule has 0 spiro atoms. The van der Waals surface area contributed by atoms with Gasteiger partial charge in [0.05, 0.1) is 6.54 Å². The van der Waals surface area contributed by atoms with E-state index in [9.17, 15) is 4.39 Å². The minimum atomic E-state index is -0.274. The van der Waals surface area contributed by atoms with Crippen LogP contribution in [0, 0.1) is 11.7 Å². The van der Waals surface area contributed by atoms with E-state index in [1.165, 1.54) is 25.3 Å². The number of hydrogen-bond acceptors (Lipinski definition) is 4. The molecule has 6 heteroatoms. The van der Waals surface area contributed by atoms with Crippen LogP contribution in [-0.4, -0.2) is 16.2 Å². The topological polar surface area (TPSA) is 51.0 Å². The quantitative estimate of drug-likeness (QED) is 0.724. The monoisotopic (exact) mass is 365 g/mol. The van der Waals surface area contributed by atoms with Gasteiger partial charge in [0.2, 0.25) is 5.89 Å². The molecule has 1 unspecified atom stereocenters. The first kappa shape index (κ1) is 18.3. The van der Waals surface area contributed by atoms with Crippen LogP contribution in [0.1, 0.15) is 62.7 Å². The van der Waals surface area contributed by atoms with Gasteiger partial charge in [0.15, 0.2) is 5.82 Å². The molecule has 1 atom stereocenters. The van der Waals surface area contributed by atoms with Crippen molar-refractivity contribution in [3.8, 4) is 0 Å². The molecule has 0 radical (unpaired) electrons. The maximum absolute atomic E-state index is 13.5. The van der Waals surface area contributed by atoms with E-state index in [4.69, 9.17) is 16.1 Å². The van der Waals surface area contributed by atoms with E-state index in [1.54, 1.807) is 6.07 Å². The zero-order valence-corrected chi connectivity index (χ0v) is 15.5. The van der Waals surface area contributed by atoms with Gasteiger partial charge in [-0.1, -0.05) is 37.0 Å². The van der Waals surface area contributed by atoms with Gasteiger partial charge >= 0.3 is 0 Å². The number of nitrogens with zero attached hydrogens (tertiary/aromatic N) is 2. The molecule has 0 bridgehead atoms. The standard InChI is InChI=1S/C19H25ClFN3O/c1-12(2)19-23-18(24-25-19)11-22-17(14-4-3-5-14)7-6-13-8-15(20)10-16(21)9-13/h8-10,12,14,17,22H,3-7,11H2,1-2H3. The van der Waals surface area contributed by atoms with Crippen molar-refractivity contribution < 1.29 is 8.91 Å². The number of halogens is 2. The second-order valence-corrected chi connectivity index (χ2v) is 7.63. The highest BCUT2D eigenvalue weighted by atomic mass is 35.5. The number of benzene rings is 1. The Balaban J connectivity index is 1.57. The van der Waals surface area contributed by atoms with E-state index < -0.39 is 0 Å². The van der Waals surface area contributed by atoms with Gasteiger partial charge < -0.3 is 9.84 Å². The van der Waals surface area contributed by atoms with E-state index in [-0.39, 0.29) is 11.7 Å². The lowest BCUT2D eigenvalue weighted by atomic mass is 9.78. The van der Waals surface area contributed by atoms with Crippen LogP contribution in [0.15, 0.2) is 22.7 Å². The summed E-state index contributed by atoms with van der Waals surface area (Å²) in [4.78, 5) is 4.42. The second kappa shape index (κ2) is 8.28. The van der Waals surface area contributed by atoms with Crippen LogP contribution in [0.5, 0.6) is 0 Å². The van der Waals surface area contributed by atoms with Gasteiger partial charge in [-0.25, -0.2) is 4.39 Å². The van der Waals surface area contributed by atoms with Crippen LogP contribution >= 0.6 is 11.6 Å². The third-order valence-corrected chi connectivity index (χ3v) is 5.10. The summed E-state index contributed by atoms with van der Waals surface area (Å²) < 4.78 is 18.8. The lowest BCUT2D eigenvalue weighted by Gasteiger charge is -2.34. The van der Waals surface area contributed by atoms with Crippen molar-refractivity contribution in [3.63, 3.8) is 0 Å². The molecule has 0 amide bonds. The maximum Gasteiger partial charge on any atom is 0.229 e. The van der Waals surface area contributed by atoms with Crippen molar-refractivity contribution in [2.24, 2.45) is 5.92 Å². The zero-order valence-electron chi connectivity index (χ0n) is 14.8. The summed E-state index contributed by atoms with van der Waals surface area (Å²) in [6.45, 7) is 4.67. The number of nitrogens with one attached hydrogen (secondary N) is 1. The first-order valence-electron chi connectivity index (χ1n) is 9.02. The molecule has 1 aromatic heterocycles. The largest absolute Gasteiger partial charge is 0.339 e. The van der Waals surface area contributed by atoms with Gasteiger partial charge in [-0.15, -0.1) is 0 Å². The van der Waals surface area contributed by atoms with E-state index >= 15 is 0 Å². The third-order valence-electron chi connectivity index (χ3n) is 4.89. The number of rotatable bonds is 8. The Labute approximate surface area is 153 Å². The third kappa shape index (κ3) is 5.02. The fraction of sp³-hybridized carbons (Fsp3) is 0.579. The first-order chi connectivity index (χ1) is 12.0. The Morgan fingerprint density at radius 3 is 2.72 bits per heavy atom. The Morgan fingerprint density at radius 2 is 2.12 bits per heavy atom. The summed E-state index contributed by atoms with van der Waals surface area (Å²) in [6.07, 6.45) is 5.51. The molecule has 1 aliphatic carbocycles. The lowest BCUT2D eigenvalue weighted by molar-refractivity contribution is 0.216. The molecule has 1 heterocycles. The Kier molecular flexibility index (Phi) is 6.07. The molecule has 0 saturated heterocycles. The molecule has 25 heavy (non-hydrogen) atoms. The minimum Gasteiger partial charge on any atom is -0.339 e. The molecule has 136 valence electrons. The van der Waals surface area contributed by atoms with E-state index in [1.807, 2.05) is 19.9 Å². The average molecular weight is 366 g/mol. The highest BCUT2D eigenvalue weighted by Gasteiger charge is 2.27.